The predicted molar refractivity (Wildman–Crippen MR) is 95.5 cm³/mol. The van der Waals surface area contributed by atoms with Crippen LogP contribution in [0.25, 0.3) is 0 Å². The van der Waals surface area contributed by atoms with Crippen molar-refractivity contribution in [1.29, 1.82) is 0 Å². The maximum absolute atomic E-state index is 11.8. The topological polar surface area (TPSA) is 74.6 Å². The van der Waals surface area contributed by atoms with Crippen molar-refractivity contribution in [2.24, 2.45) is 7.05 Å². The average molecular weight is 398 g/mol. The van der Waals surface area contributed by atoms with Crippen molar-refractivity contribution in [2.45, 2.75) is 6.42 Å². The van der Waals surface area contributed by atoms with Crippen LogP contribution in [0.4, 0.5) is 5.69 Å². The summed E-state index contributed by atoms with van der Waals surface area (Å²) in [6.07, 6.45) is 2.28. The standard InChI is InChI=1S/C16H20BrN3O4/c1-20-16(21)13(17)11(9-19-20)18-8-7-10-5-6-12(22-2)15(24-4)14(10)23-3/h5-6,9,18H,7-8H2,1-4H3. The van der Waals surface area contributed by atoms with Gasteiger partial charge in [-0.3, -0.25) is 4.79 Å². The fraction of sp³-hybridized carbons (Fsp3) is 0.375. The molecular formula is C16H20BrN3O4. The quantitative estimate of drug-likeness (QED) is 0.771. The van der Waals surface area contributed by atoms with Gasteiger partial charge < -0.3 is 19.5 Å². The molecule has 2 rings (SSSR count). The molecule has 1 heterocycles. The van der Waals surface area contributed by atoms with Crippen LogP contribution in [-0.2, 0) is 13.5 Å². The zero-order valence-corrected chi connectivity index (χ0v) is 15.6. The summed E-state index contributed by atoms with van der Waals surface area (Å²) in [6.45, 7) is 0.597. The second-order valence-electron chi connectivity index (χ2n) is 4.97. The number of anilines is 1. The maximum atomic E-state index is 11.8. The third kappa shape index (κ3) is 3.64. The summed E-state index contributed by atoms with van der Waals surface area (Å²) in [5.74, 6) is 1.82. The molecule has 0 aliphatic rings. The van der Waals surface area contributed by atoms with E-state index in [-0.39, 0.29) is 5.56 Å². The maximum Gasteiger partial charge on any atom is 0.282 e. The number of halogens is 1. The minimum Gasteiger partial charge on any atom is -0.493 e. The van der Waals surface area contributed by atoms with E-state index in [1.54, 1.807) is 34.6 Å². The number of rotatable bonds is 7. The van der Waals surface area contributed by atoms with Crippen molar-refractivity contribution >= 4 is 21.6 Å². The van der Waals surface area contributed by atoms with E-state index in [4.69, 9.17) is 14.2 Å². The summed E-state index contributed by atoms with van der Waals surface area (Å²) in [5, 5.41) is 7.20. The van der Waals surface area contributed by atoms with E-state index < -0.39 is 0 Å². The number of hydrogen-bond acceptors (Lipinski definition) is 6. The Morgan fingerprint density at radius 2 is 1.88 bits per heavy atom. The van der Waals surface area contributed by atoms with Crippen molar-refractivity contribution in [1.82, 2.24) is 9.78 Å². The smallest absolute Gasteiger partial charge is 0.282 e. The van der Waals surface area contributed by atoms with Gasteiger partial charge in [0.05, 0.1) is 33.2 Å². The highest BCUT2D eigenvalue weighted by Gasteiger charge is 2.15. The lowest BCUT2D eigenvalue weighted by Crippen LogP contribution is -2.21. The molecule has 8 heteroatoms. The average Bonchev–Trinajstić information content (AvgIpc) is 2.60. The monoisotopic (exact) mass is 397 g/mol. The van der Waals surface area contributed by atoms with Gasteiger partial charge in [-0.1, -0.05) is 6.07 Å². The van der Waals surface area contributed by atoms with E-state index in [0.717, 1.165) is 5.56 Å². The van der Waals surface area contributed by atoms with Crippen LogP contribution >= 0.6 is 15.9 Å². The zero-order chi connectivity index (χ0) is 17.7. The molecule has 0 atom stereocenters. The normalized spacial score (nSPS) is 10.4. The Morgan fingerprint density at radius 3 is 2.50 bits per heavy atom. The Kier molecular flexibility index (Phi) is 6.08. The molecule has 0 spiro atoms. The third-order valence-corrected chi connectivity index (χ3v) is 4.34. The SMILES string of the molecule is COc1ccc(CCNc2cnn(C)c(=O)c2Br)c(OC)c1OC. The van der Waals surface area contributed by atoms with Gasteiger partial charge in [-0.2, -0.15) is 5.10 Å². The van der Waals surface area contributed by atoms with E-state index in [2.05, 4.69) is 26.3 Å². The highest BCUT2D eigenvalue weighted by atomic mass is 79.9. The first-order valence-corrected chi connectivity index (χ1v) is 8.06. The fourth-order valence-electron chi connectivity index (χ4n) is 2.33. The Balaban J connectivity index is 2.15. The molecule has 2 aromatic rings. The number of nitrogens with zero attached hydrogens (tertiary/aromatic N) is 2. The molecule has 24 heavy (non-hydrogen) atoms. The molecule has 0 fully saturated rings. The van der Waals surface area contributed by atoms with Crippen LogP contribution < -0.4 is 25.1 Å². The first-order chi connectivity index (χ1) is 11.5. The lowest BCUT2D eigenvalue weighted by Gasteiger charge is -2.16. The van der Waals surface area contributed by atoms with Crippen LogP contribution in [0.5, 0.6) is 17.2 Å². The highest BCUT2D eigenvalue weighted by molar-refractivity contribution is 9.10. The number of methoxy groups -OCH3 is 3. The predicted octanol–water partition coefficient (Wildman–Crippen LogP) is 2.22. The number of ether oxygens (including phenoxy) is 3. The minimum absolute atomic E-state index is 0.191. The van der Waals surface area contributed by atoms with Crippen molar-refractivity contribution in [2.75, 3.05) is 33.2 Å². The van der Waals surface area contributed by atoms with Gasteiger partial charge in [0, 0.05) is 19.2 Å². The fourth-order valence-corrected chi connectivity index (χ4v) is 2.83. The molecule has 1 N–H and O–H groups in total. The van der Waals surface area contributed by atoms with Crippen LogP contribution in [0.3, 0.4) is 0 Å². The van der Waals surface area contributed by atoms with E-state index in [1.807, 2.05) is 12.1 Å². The van der Waals surface area contributed by atoms with E-state index >= 15 is 0 Å². The Bertz CT molecular complexity index is 777. The van der Waals surface area contributed by atoms with Crippen LogP contribution in [0, 0.1) is 0 Å². The number of aromatic nitrogens is 2. The number of nitrogens with one attached hydrogen (secondary N) is 1. The highest BCUT2D eigenvalue weighted by Crippen LogP contribution is 2.39. The molecule has 7 nitrogen and oxygen atoms in total. The van der Waals surface area contributed by atoms with Gasteiger partial charge in [-0.05, 0) is 28.4 Å². The zero-order valence-electron chi connectivity index (χ0n) is 14.1. The summed E-state index contributed by atoms with van der Waals surface area (Å²) < 4.78 is 17.8. The second-order valence-corrected chi connectivity index (χ2v) is 5.76. The molecule has 0 saturated heterocycles. The second kappa shape index (κ2) is 8.05. The van der Waals surface area contributed by atoms with E-state index in [0.29, 0.717) is 40.4 Å². The number of aryl methyl sites for hydroxylation is 1. The largest absolute Gasteiger partial charge is 0.493 e. The van der Waals surface area contributed by atoms with Crippen molar-refractivity contribution in [3.8, 4) is 17.2 Å². The summed E-state index contributed by atoms with van der Waals surface area (Å²) in [7, 11) is 6.35. The van der Waals surface area contributed by atoms with Gasteiger partial charge in [0.15, 0.2) is 11.5 Å². The molecule has 1 aromatic carbocycles. The van der Waals surface area contributed by atoms with Gasteiger partial charge in [0.1, 0.15) is 4.47 Å². The van der Waals surface area contributed by atoms with Crippen LogP contribution in [0.1, 0.15) is 5.56 Å². The Labute approximate surface area is 148 Å². The summed E-state index contributed by atoms with van der Waals surface area (Å²) in [4.78, 5) is 11.8. The number of hydrogen-bond donors (Lipinski definition) is 1. The summed E-state index contributed by atoms with van der Waals surface area (Å²) in [6, 6.07) is 3.77. The van der Waals surface area contributed by atoms with Crippen LogP contribution in [0.15, 0.2) is 27.6 Å². The molecule has 0 aliphatic heterocycles. The van der Waals surface area contributed by atoms with Crippen LogP contribution in [-0.4, -0.2) is 37.7 Å². The lowest BCUT2D eigenvalue weighted by atomic mass is 10.1. The molecule has 1 aromatic heterocycles. The first kappa shape index (κ1) is 18.1. The molecule has 0 bridgehead atoms. The molecule has 0 saturated carbocycles. The van der Waals surface area contributed by atoms with Crippen molar-refractivity contribution < 1.29 is 14.2 Å². The van der Waals surface area contributed by atoms with Gasteiger partial charge in [-0.15, -0.1) is 0 Å². The molecule has 0 amide bonds. The van der Waals surface area contributed by atoms with Crippen molar-refractivity contribution in [3.63, 3.8) is 0 Å². The number of benzene rings is 1. The summed E-state index contributed by atoms with van der Waals surface area (Å²) in [5.41, 5.74) is 1.43. The minimum atomic E-state index is -0.191. The van der Waals surface area contributed by atoms with Gasteiger partial charge in [0.2, 0.25) is 5.75 Å². The first-order valence-electron chi connectivity index (χ1n) is 7.27. The van der Waals surface area contributed by atoms with E-state index in [9.17, 15) is 4.79 Å². The Morgan fingerprint density at radius 1 is 1.17 bits per heavy atom. The lowest BCUT2D eigenvalue weighted by molar-refractivity contribution is 0.322. The molecule has 130 valence electrons. The van der Waals surface area contributed by atoms with E-state index in [1.165, 1.54) is 4.68 Å². The molecule has 0 aliphatic carbocycles. The molecule has 0 unspecified atom stereocenters. The third-order valence-electron chi connectivity index (χ3n) is 3.57. The van der Waals surface area contributed by atoms with Gasteiger partial charge in [0.25, 0.3) is 5.56 Å². The van der Waals surface area contributed by atoms with Gasteiger partial charge >= 0.3 is 0 Å². The molecule has 0 radical (unpaired) electrons. The molecular weight excluding hydrogens is 378 g/mol. The Hall–Kier alpha value is -2.22. The van der Waals surface area contributed by atoms with Crippen molar-refractivity contribution in [3.05, 3.63) is 38.7 Å². The summed E-state index contributed by atoms with van der Waals surface area (Å²) >= 11 is 3.29. The van der Waals surface area contributed by atoms with Gasteiger partial charge in [-0.25, -0.2) is 4.68 Å². The van der Waals surface area contributed by atoms with Crippen LogP contribution in [0.2, 0.25) is 0 Å².